The van der Waals surface area contributed by atoms with Gasteiger partial charge in [0.05, 0.1) is 13.4 Å². The van der Waals surface area contributed by atoms with Crippen molar-refractivity contribution in [3.63, 3.8) is 0 Å². The number of benzene rings is 1. The molecule has 25 heavy (non-hydrogen) atoms. The van der Waals surface area contributed by atoms with Gasteiger partial charge in [0.25, 0.3) is 0 Å². The summed E-state index contributed by atoms with van der Waals surface area (Å²) < 4.78 is 10.2. The average molecular weight is 360 g/mol. The van der Waals surface area contributed by atoms with E-state index in [1.165, 1.54) is 7.11 Å². The molecule has 1 heterocycles. The number of furan rings is 1. The van der Waals surface area contributed by atoms with Gasteiger partial charge < -0.3 is 19.8 Å². The molecule has 2 rings (SSSR count). The Balaban J connectivity index is 1.78. The maximum absolute atomic E-state index is 11.0. The molecule has 1 atom stereocenters. The Hall–Kier alpha value is -2.34. The van der Waals surface area contributed by atoms with E-state index in [9.17, 15) is 4.79 Å². The Labute approximate surface area is 153 Å². The van der Waals surface area contributed by atoms with Gasteiger partial charge >= 0.3 is 5.97 Å². The van der Waals surface area contributed by atoms with Crippen LogP contribution < -0.4 is 10.6 Å². The van der Waals surface area contributed by atoms with Crippen LogP contribution in [0.25, 0.3) is 0 Å². The van der Waals surface area contributed by atoms with Gasteiger partial charge in [-0.05, 0) is 42.8 Å². The zero-order chi connectivity index (χ0) is 17.9. The standard InChI is InChI=1S/C19H24N2O3S/c1-23-17(22)12-6-3-7-13-20-19(25)21-18(16-11-8-14-24-16)15-9-4-2-5-10-15/h2,4-5,8-11,14,18H,3,6-7,12-13H2,1H3,(H2,20,21,25)/t18-/m0/s1. The summed E-state index contributed by atoms with van der Waals surface area (Å²) in [4.78, 5) is 11.0. The van der Waals surface area contributed by atoms with Crippen LogP contribution in [-0.4, -0.2) is 24.7 Å². The lowest BCUT2D eigenvalue weighted by atomic mass is 10.1. The lowest BCUT2D eigenvalue weighted by Gasteiger charge is -2.19. The minimum atomic E-state index is -0.158. The van der Waals surface area contributed by atoms with Gasteiger partial charge in [-0.2, -0.15) is 0 Å². The SMILES string of the molecule is COC(=O)CCCCCNC(=S)N[C@@H](c1ccccc1)c1ccco1. The molecule has 0 spiro atoms. The largest absolute Gasteiger partial charge is 0.469 e. The van der Waals surface area contributed by atoms with Gasteiger partial charge in [0.1, 0.15) is 11.8 Å². The van der Waals surface area contributed by atoms with Crippen LogP contribution in [0.4, 0.5) is 0 Å². The Morgan fingerprint density at radius 3 is 2.64 bits per heavy atom. The number of carbonyl (C=O) groups is 1. The zero-order valence-electron chi connectivity index (χ0n) is 14.4. The molecule has 0 bridgehead atoms. The highest BCUT2D eigenvalue weighted by Gasteiger charge is 2.17. The second kappa shape index (κ2) is 10.5. The number of thiocarbonyl (C=S) groups is 1. The molecule has 0 unspecified atom stereocenters. The van der Waals surface area contributed by atoms with Crippen molar-refractivity contribution in [3.8, 4) is 0 Å². The van der Waals surface area contributed by atoms with E-state index in [-0.39, 0.29) is 12.0 Å². The van der Waals surface area contributed by atoms with Gasteiger partial charge in [-0.3, -0.25) is 4.79 Å². The third-order valence-corrected chi connectivity index (χ3v) is 4.07. The molecule has 1 aromatic carbocycles. The first-order chi connectivity index (χ1) is 12.2. The first kappa shape index (κ1) is 19.0. The van der Waals surface area contributed by atoms with Gasteiger partial charge in [-0.1, -0.05) is 36.8 Å². The number of ether oxygens (including phenoxy) is 1. The molecule has 1 aromatic heterocycles. The topological polar surface area (TPSA) is 63.5 Å². The zero-order valence-corrected chi connectivity index (χ0v) is 15.2. The Bertz CT molecular complexity index is 644. The predicted octanol–water partition coefficient (Wildman–Crippen LogP) is 3.57. The van der Waals surface area contributed by atoms with Crippen molar-refractivity contribution in [2.75, 3.05) is 13.7 Å². The Morgan fingerprint density at radius 2 is 1.96 bits per heavy atom. The fraction of sp³-hybridized carbons (Fsp3) is 0.368. The van der Waals surface area contributed by atoms with Crippen LogP contribution in [-0.2, 0) is 9.53 Å². The highest BCUT2D eigenvalue weighted by atomic mass is 32.1. The summed E-state index contributed by atoms with van der Waals surface area (Å²) in [7, 11) is 1.41. The van der Waals surface area contributed by atoms with Crippen LogP contribution in [0.1, 0.15) is 43.0 Å². The van der Waals surface area contributed by atoms with Crippen molar-refractivity contribution in [3.05, 3.63) is 60.1 Å². The summed E-state index contributed by atoms with van der Waals surface area (Å²) in [5.41, 5.74) is 1.08. The van der Waals surface area contributed by atoms with E-state index in [2.05, 4.69) is 15.4 Å². The maximum atomic E-state index is 11.0. The number of methoxy groups -OCH3 is 1. The second-order valence-electron chi connectivity index (χ2n) is 5.65. The first-order valence-corrected chi connectivity index (χ1v) is 8.81. The molecule has 0 saturated heterocycles. The summed E-state index contributed by atoms with van der Waals surface area (Å²) in [6.45, 7) is 0.757. The molecule has 0 aliphatic rings. The third-order valence-electron chi connectivity index (χ3n) is 3.81. The monoisotopic (exact) mass is 360 g/mol. The van der Waals surface area contributed by atoms with Crippen LogP contribution in [0.15, 0.2) is 53.1 Å². The van der Waals surface area contributed by atoms with Crippen LogP contribution >= 0.6 is 12.2 Å². The smallest absolute Gasteiger partial charge is 0.305 e. The van der Waals surface area contributed by atoms with Crippen LogP contribution in [0.3, 0.4) is 0 Å². The van der Waals surface area contributed by atoms with Crippen molar-refractivity contribution >= 4 is 23.3 Å². The first-order valence-electron chi connectivity index (χ1n) is 8.40. The minimum Gasteiger partial charge on any atom is -0.469 e. The minimum absolute atomic E-state index is 0.129. The number of carbonyl (C=O) groups excluding carboxylic acids is 1. The Kier molecular flexibility index (Phi) is 7.98. The molecule has 0 aliphatic heterocycles. The fourth-order valence-electron chi connectivity index (χ4n) is 2.48. The number of unbranched alkanes of at least 4 members (excludes halogenated alkanes) is 2. The summed E-state index contributed by atoms with van der Waals surface area (Å²) in [6, 6.07) is 13.7. The summed E-state index contributed by atoms with van der Waals surface area (Å²) >= 11 is 5.40. The predicted molar refractivity (Wildman–Crippen MR) is 101 cm³/mol. The Morgan fingerprint density at radius 1 is 1.16 bits per heavy atom. The van der Waals surface area contributed by atoms with Crippen molar-refractivity contribution in [1.82, 2.24) is 10.6 Å². The molecule has 0 aliphatic carbocycles. The average Bonchev–Trinajstić information content (AvgIpc) is 3.17. The van der Waals surface area contributed by atoms with E-state index in [0.29, 0.717) is 11.5 Å². The normalized spacial score (nSPS) is 11.6. The molecule has 134 valence electrons. The van der Waals surface area contributed by atoms with E-state index < -0.39 is 0 Å². The van der Waals surface area contributed by atoms with E-state index >= 15 is 0 Å². The molecule has 0 radical (unpaired) electrons. The molecule has 5 nitrogen and oxygen atoms in total. The number of hydrogen-bond acceptors (Lipinski definition) is 4. The molecule has 0 amide bonds. The number of rotatable bonds is 9. The molecule has 2 N–H and O–H groups in total. The molecule has 0 fully saturated rings. The number of esters is 1. The molecule has 0 saturated carbocycles. The highest BCUT2D eigenvalue weighted by Crippen LogP contribution is 2.22. The second-order valence-corrected chi connectivity index (χ2v) is 6.05. The van der Waals surface area contributed by atoms with Crippen molar-refractivity contribution in [2.45, 2.75) is 31.7 Å². The van der Waals surface area contributed by atoms with E-state index in [1.54, 1.807) is 6.26 Å². The van der Waals surface area contributed by atoms with E-state index in [1.807, 2.05) is 42.5 Å². The maximum Gasteiger partial charge on any atom is 0.305 e. The van der Waals surface area contributed by atoms with Crippen molar-refractivity contribution < 1.29 is 13.9 Å². The third kappa shape index (κ3) is 6.58. The van der Waals surface area contributed by atoms with Crippen LogP contribution in [0.5, 0.6) is 0 Å². The summed E-state index contributed by atoms with van der Waals surface area (Å²) in [5, 5.41) is 7.10. The molecular weight excluding hydrogens is 336 g/mol. The highest BCUT2D eigenvalue weighted by molar-refractivity contribution is 7.80. The van der Waals surface area contributed by atoms with Gasteiger partial charge in [0.2, 0.25) is 0 Å². The van der Waals surface area contributed by atoms with E-state index in [4.69, 9.17) is 16.6 Å². The fourth-order valence-corrected chi connectivity index (χ4v) is 2.70. The van der Waals surface area contributed by atoms with Gasteiger partial charge in [0.15, 0.2) is 5.11 Å². The molecule has 6 heteroatoms. The van der Waals surface area contributed by atoms with Gasteiger partial charge in [0, 0.05) is 13.0 Å². The summed E-state index contributed by atoms with van der Waals surface area (Å²) in [6.07, 6.45) is 4.84. The molecular formula is C19H24N2O3S. The van der Waals surface area contributed by atoms with Gasteiger partial charge in [-0.25, -0.2) is 0 Å². The lowest BCUT2D eigenvalue weighted by Crippen LogP contribution is -2.38. The van der Waals surface area contributed by atoms with Crippen molar-refractivity contribution in [2.24, 2.45) is 0 Å². The van der Waals surface area contributed by atoms with E-state index in [0.717, 1.165) is 37.1 Å². The number of nitrogens with one attached hydrogen (secondary N) is 2. The van der Waals surface area contributed by atoms with Crippen molar-refractivity contribution in [1.29, 1.82) is 0 Å². The number of hydrogen-bond donors (Lipinski definition) is 2. The lowest BCUT2D eigenvalue weighted by molar-refractivity contribution is -0.140. The van der Waals surface area contributed by atoms with Gasteiger partial charge in [-0.15, -0.1) is 0 Å². The quantitative estimate of drug-likeness (QED) is 0.405. The van der Waals surface area contributed by atoms with Crippen LogP contribution in [0.2, 0.25) is 0 Å². The van der Waals surface area contributed by atoms with Crippen LogP contribution in [0, 0.1) is 0 Å². The summed E-state index contributed by atoms with van der Waals surface area (Å²) in [5.74, 6) is 0.655. The molecule has 2 aromatic rings.